The lowest BCUT2D eigenvalue weighted by Crippen LogP contribution is -2.46. The lowest BCUT2D eigenvalue weighted by molar-refractivity contribution is -0.384. The molecule has 154 valence electrons. The normalized spacial score (nSPS) is 14.6. The molecule has 2 aromatic carbocycles. The molecule has 30 heavy (non-hydrogen) atoms. The van der Waals surface area contributed by atoms with E-state index in [1.807, 2.05) is 28.8 Å². The fourth-order valence-electron chi connectivity index (χ4n) is 3.73. The lowest BCUT2D eigenvalue weighted by Gasteiger charge is -2.35. The predicted molar refractivity (Wildman–Crippen MR) is 114 cm³/mol. The average Bonchev–Trinajstić information content (AvgIpc) is 3.18. The number of anilines is 1. The largest absolute Gasteiger partial charge is 0.363 e. The number of rotatable bonds is 6. The Labute approximate surface area is 174 Å². The zero-order valence-corrected chi connectivity index (χ0v) is 16.8. The van der Waals surface area contributed by atoms with Gasteiger partial charge in [0, 0.05) is 62.8 Å². The van der Waals surface area contributed by atoms with Crippen molar-refractivity contribution in [3.05, 3.63) is 88.0 Å². The summed E-state index contributed by atoms with van der Waals surface area (Å²) in [5.74, 6) is 0.781. The van der Waals surface area contributed by atoms with Crippen LogP contribution in [0.25, 0.3) is 0 Å². The molecule has 8 heteroatoms. The van der Waals surface area contributed by atoms with Gasteiger partial charge in [0.1, 0.15) is 11.5 Å². The maximum atomic E-state index is 12.7. The predicted octanol–water partition coefficient (Wildman–Crippen LogP) is 2.88. The van der Waals surface area contributed by atoms with Crippen molar-refractivity contribution in [1.29, 1.82) is 0 Å². The second-order valence-corrected chi connectivity index (χ2v) is 7.37. The van der Waals surface area contributed by atoms with E-state index in [9.17, 15) is 14.9 Å². The van der Waals surface area contributed by atoms with Crippen molar-refractivity contribution < 1.29 is 9.72 Å². The molecule has 2 heterocycles. The average molecular weight is 405 g/mol. The summed E-state index contributed by atoms with van der Waals surface area (Å²) in [6.07, 6.45) is 3.71. The standard InChI is InChI=1S/C22H23N5O3/c1-24-10-9-23-21(24)16-25-11-13-26(14-12-25)19-8-7-18(15-20(19)27(29)30)22(28)17-5-3-2-4-6-17/h2-10,15H,11-14,16H2,1H3. The number of carbonyl (C=O) groups is 1. The van der Waals surface area contributed by atoms with Crippen LogP contribution in [-0.2, 0) is 13.6 Å². The van der Waals surface area contributed by atoms with Crippen molar-refractivity contribution in [3.8, 4) is 0 Å². The quantitative estimate of drug-likeness (QED) is 0.356. The van der Waals surface area contributed by atoms with Gasteiger partial charge in [-0.05, 0) is 12.1 Å². The van der Waals surface area contributed by atoms with Gasteiger partial charge in [0.2, 0.25) is 0 Å². The van der Waals surface area contributed by atoms with Crippen LogP contribution in [-0.4, -0.2) is 51.3 Å². The Morgan fingerprint density at radius 2 is 1.80 bits per heavy atom. The number of hydrogen-bond donors (Lipinski definition) is 0. The third kappa shape index (κ3) is 4.08. The van der Waals surface area contributed by atoms with Crippen LogP contribution in [0.5, 0.6) is 0 Å². The SMILES string of the molecule is Cn1ccnc1CN1CCN(c2ccc(C(=O)c3ccccc3)cc2[N+](=O)[O-])CC1. The summed E-state index contributed by atoms with van der Waals surface area (Å²) >= 11 is 0. The molecule has 0 spiro atoms. The van der Waals surface area contributed by atoms with Crippen LogP contribution in [0.4, 0.5) is 11.4 Å². The van der Waals surface area contributed by atoms with E-state index in [0.717, 1.165) is 25.5 Å². The van der Waals surface area contributed by atoms with Crippen LogP contribution < -0.4 is 4.90 Å². The molecular formula is C22H23N5O3. The zero-order chi connectivity index (χ0) is 21.1. The maximum Gasteiger partial charge on any atom is 0.293 e. The summed E-state index contributed by atoms with van der Waals surface area (Å²) < 4.78 is 2.00. The van der Waals surface area contributed by atoms with E-state index in [1.54, 1.807) is 42.6 Å². The van der Waals surface area contributed by atoms with Crippen LogP contribution in [0.1, 0.15) is 21.7 Å². The van der Waals surface area contributed by atoms with Gasteiger partial charge in [0.05, 0.1) is 11.5 Å². The van der Waals surface area contributed by atoms with Crippen LogP contribution in [0, 0.1) is 10.1 Å². The van der Waals surface area contributed by atoms with Crippen LogP contribution in [0.2, 0.25) is 0 Å². The number of nitro groups is 1. The van der Waals surface area contributed by atoms with Gasteiger partial charge in [-0.15, -0.1) is 0 Å². The van der Waals surface area contributed by atoms with Crippen molar-refractivity contribution in [3.63, 3.8) is 0 Å². The van der Waals surface area contributed by atoms with Gasteiger partial charge in [0.25, 0.3) is 5.69 Å². The number of benzene rings is 2. The van der Waals surface area contributed by atoms with Crippen molar-refractivity contribution in [2.45, 2.75) is 6.54 Å². The number of ketones is 1. The van der Waals surface area contributed by atoms with E-state index in [0.29, 0.717) is 29.9 Å². The molecule has 3 aromatic rings. The second kappa shape index (κ2) is 8.46. The van der Waals surface area contributed by atoms with Crippen molar-refractivity contribution >= 4 is 17.2 Å². The molecule has 0 atom stereocenters. The minimum Gasteiger partial charge on any atom is -0.363 e. The Balaban J connectivity index is 1.50. The summed E-state index contributed by atoms with van der Waals surface area (Å²) in [5.41, 5.74) is 1.36. The summed E-state index contributed by atoms with van der Waals surface area (Å²) in [5, 5.41) is 11.7. The highest BCUT2D eigenvalue weighted by Gasteiger charge is 2.25. The number of imidazole rings is 1. The van der Waals surface area contributed by atoms with E-state index < -0.39 is 4.92 Å². The molecule has 8 nitrogen and oxygen atoms in total. The van der Waals surface area contributed by atoms with Crippen LogP contribution in [0.15, 0.2) is 60.9 Å². The lowest BCUT2D eigenvalue weighted by atomic mass is 10.0. The molecular weight excluding hydrogens is 382 g/mol. The first-order valence-electron chi connectivity index (χ1n) is 9.84. The van der Waals surface area contributed by atoms with Crippen molar-refractivity contribution in [2.75, 3.05) is 31.1 Å². The number of nitro benzene ring substituents is 1. The molecule has 0 aliphatic carbocycles. The maximum absolute atomic E-state index is 12.7. The second-order valence-electron chi connectivity index (χ2n) is 7.37. The molecule has 0 radical (unpaired) electrons. The molecule has 4 rings (SSSR count). The molecule has 1 aliphatic rings. The zero-order valence-electron chi connectivity index (χ0n) is 16.8. The Bertz CT molecular complexity index is 1060. The first-order valence-corrected chi connectivity index (χ1v) is 9.84. The first-order chi connectivity index (χ1) is 14.5. The van der Waals surface area contributed by atoms with Crippen LogP contribution >= 0.6 is 0 Å². The van der Waals surface area contributed by atoms with E-state index in [-0.39, 0.29) is 11.5 Å². The Hall–Kier alpha value is -3.52. The van der Waals surface area contributed by atoms with Gasteiger partial charge in [-0.25, -0.2) is 4.98 Å². The highest BCUT2D eigenvalue weighted by molar-refractivity contribution is 6.09. The van der Waals surface area contributed by atoms with Gasteiger partial charge in [-0.3, -0.25) is 19.8 Å². The number of piperazine rings is 1. The van der Waals surface area contributed by atoms with E-state index in [2.05, 4.69) is 9.88 Å². The van der Waals surface area contributed by atoms with Crippen molar-refractivity contribution in [2.24, 2.45) is 7.05 Å². The van der Waals surface area contributed by atoms with Gasteiger partial charge in [-0.2, -0.15) is 0 Å². The molecule has 1 saturated heterocycles. The molecule has 1 aliphatic heterocycles. The number of aryl methyl sites for hydroxylation is 1. The third-order valence-corrected chi connectivity index (χ3v) is 5.47. The monoisotopic (exact) mass is 405 g/mol. The highest BCUT2D eigenvalue weighted by atomic mass is 16.6. The van der Waals surface area contributed by atoms with Crippen LogP contribution in [0.3, 0.4) is 0 Å². The molecule has 1 aromatic heterocycles. The molecule has 0 amide bonds. The minimum atomic E-state index is -0.405. The summed E-state index contributed by atoms with van der Waals surface area (Å²) in [6, 6.07) is 13.6. The minimum absolute atomic E-state index is 0.0330. The molecule has 0 saturated carbocycles. The highest BCUT2D eigenvalue weighted by Crippen LogP contribution is 2.31. The molecule has 0 unspecified atom stereocenters. The molecule has 0 N–H and O–H groups in total. The number of aromatic nitrogens is 2. The van der Waals surface area contributed by atoms with E-state index in [4.69, 9.17) is 0 Å². The third-order valence-electron chi connectivity index (χ3n) is 5.47. The summed E-state index contributed by atoms with van der Waals surface area (Å²) in [6.45, 7) is 3.68. The smallest absolute Gasteiger partial charge is 0.293 e. The number of nitrogens with zero attached hydrogens (tertiary/aromatic N) is 5. The van der Waals surface area contributed by atoms with Gasteiger partial charge in [-0.1, -0.05) is 30.3 Å². The number of carbonyl (C=O) groups excluding carboxylic acids is 1. The number of hydrogen-bond acceptors (Lipinski definition) is 6. The Morgan fingerprint density at radius 3 is 2.43 bits per heavy atom. The topological polar surface area (TPSA) is 84.5 Å². The Morgan fingerprint density at radius 1 is 1.07 bits per heavy atom. The van der Waals surface area contributed by atoms with Gasteiger partial charge in [0.15, 0.2) is 5.78 Å². The fourth-order valence-corrected chi connectivity index (χ4v) is 3.73. The fraction of sp³-hybridized carbons (Fsp3) is 0.273. The van der Waals surface area contributed by atoms with Crippen molar-refractivity contribution in [1.82, 2.24) is 14.5 Å². The summed E-state index contributed by atoms with van der Waals surface area (Å²) in [4.78, 5) is 32.7. The first kappa shape index (κ1) is 19.8. The van der Waals surface area contributed by atoms with E-state index >= 15 is 0 Å². The molecule has 0 bridgehead atoms. The van der Waals surface area contributed by atoms with Gasteiger partial charge >= 0.3 is 0 Å². The van der Waals surface area contributed by atoms with Gasteiger partial charge < -0.3 is 9.47 Å². The summed E-state index contributed by atoms with van der Waals surface area (Å²) in [7, 11) is 1.97. The van der Waals surface area contributed by atoms with E-state index in [1.165, 1.54) is 6.07 Å². The molecule has 1 fully saturated rings. The Kier molecular flexibility index (Phi) is 5.58.